The van der Waals surface area contributed by atoms with Crippen molar-refractivity contribution in [2.75, 3.05) is 37.4 Å². The van der Waals surface area contributed by atoms with E-state index in [1.807, 2.05) is 36.2 Å². The molecule has 1 aromatic heterocycles. The summed E-state index contributed by atoms with van der Waals surface area (Å²) in [5.74, 6) is 0.741. The topological polar surface area (TPSA) is 125 Å². The number of hydrogen-bond acceptors (Lipinski definition) is 8. The van der Waals surface area contributed by atoms with Crippen molar-refractivity contribution in [2.45, 2.75) is 45.4 Å². The molecule has 0 saturated carbocycles. The van der Waals surface area contributed by atoms with Gasteiger partial charge in [-0.1, -0.05) is 37.6 Å². The lowest BCUT2D eigenvalue weighted by Crippen LogP contribution is -2.31. The minimum atomic E-state index is -0.754. The average molecular weight is 430 g/mol. The second kappa shape index (κ2) is 10.5. The number of carbonyl (C=O) groups excluding carboxylic acids is 1. The van der Waals surface area contributed by atoms with Crippen LogP contribution >= 0.6 is 0 Å². The number of aromatic nitrogens is 2. The molecule has 0 aliphatic carbocycles. The molecule has 0 radical (unpaired) electrons. The van der Waals surface area contributed by atoms with Crippen molar-refractivity contribution in [1.29, 1.82) is 0 Å². The predicted molar refractivity (Wildman–Crippen MR) is 118 cm³/mol. The summed E-state index contributed by atoms with van der Waals surface area (Å²) >= 11 is 0. The summed E-state index contributed by atoms with van der Waals surface area (Å²) in [5, 5.41) is 18.5. The van der Waals surface area contributed by atoms with E-state index in [-0.39, 0.29) is 30.8 Å². The fraction of sp³-hybridized carbons (Fsp3) is 0.500. The molecule has 0 saturated heterocycles. The number of likely N-dealkylation sites (N-methyl/N-ethyl adjacent to an activating group) is 1. The Morgan fingerprint density at radius 2 is 1.97 bits per heavy atom. The minimum absolute atomic E-state index is 0.0662. The quantitative estimate of drug-likeness (QED) is 0.454. The molecule has 2 aromatic rings. The average Bonchev–Trinajstić information content (AvgIpc) is 3.05. The van der Waals surface area contributed by atoms with Crippen molar-refractivity contribution in [3.8, 4) is 6.01 Å². The molecule has 9 nitrogen and oxygen atoms in total. The van der Waals surface area contributed by atoms with Crippen LogP contribution in [0.1, 0.15) is 36.5 Å². The number of aliphatic hydroxyl groups excluding tert-OH is 2. The minimum Gasteiger partial charge on any atom is -0.463 e. The van der Waals surface area contributed by atoms with Gasteiger partial charge in [0, 0.05) is 18.7 Å². The molecular weight excluding hydrogens is 398 g/mol. The summed E-state index contributed by atoms with van der Waals surface area (Å²) in [6.45, 7) is 3.74. The third kappa shape index (κ3) is 5.90. The number of carbonyl (C=O) groups is 1. The van der Waals surface area contributed by atoms with E-state index >= 15 is 0 Å². The van der Waals surface area contributed by atoms with E-state index in [1.165, 1.54) is 0 Å². The van der Waals surface area contributed by atoms with Gasteiger partial charge >= 0.3 is 6.01 Å². The molecule has 31 heavy (non-hydrogen) atoms. The van der Waals surface area contributed by atoms with Crippen LogP contribution in [0, 0.1) is 0 Å². The first-order chi connectivity index (χ1) is 14.9. The van der Waals surface area contributed by atoms with E-state index in [2.05, 4.69) is 16.9 Å². The number of hydrogen-bond donors (Lipinski definition) is 3. The number of nitrogen functional groups attached to an aromatic ring is 1. The van der Waals surface area contributed by atoms with Gasteiger partial charge in [0.15, 0.2) is 0 Å². The Morgan fingerprint density at radius 1 is 1.26 bits per heavy atom. The van der Waals surface area contributed by atoms with E-state index in [0.29, 0.717) is 37.6 Å². The van der Waals surface area contributed by atoms with E-state index in [0.717, 1.165) is 24.0 Å². The lowest BCUT2D eigenvalue weighted by atomic mass is 10.1. The monoisotopic (exact) mass is 429 g/mol. The van der Waals surface area contributed by atoms with Gasteiger partial charge in [-0.2, -0.15) is 9.97 Å². The lowest BCUT2D eigenvalue weighted by Gasteiger charge is -2.20. The van der Waals surface area contributed by atoms with E-state index in [4.69, 9.17) is 15.6 Å². The number of benzene rings is 1. The van der Waals surface area contributed by atoms with Gasteiger partial charge in [-0.25, -0.2) is 0 Å². The first-order valence-corrected chi connectivity index (χ1v) is 10.6. The zero-order chi connectivity index (χ0) is 22.4. The third-order valence-electron chi connectivity index (χ3n) is 5.16. The van der Waals surface area contributed by atoms with Gasteiger partial charge < -0.3 is 20.7 Å². The van der Waals surface area contributed by atoms with Gasteiger partial charge in [-0.3, -0.25) is 14.6 Å². The summed E-state index contributed by atoms with van der Waals surface area (Å²) in [7, 11) is 1.89. The smallest absolute Gasteiger partial charge is 0.320 e. The van der Waals surface area contributed by atoms with Crippen molar-refractivity contribution in [1.82, 2.24) is 14.9 Å². The van der Waals surface area contributed by atoms with Crippen LogP contribution in [0.5, 0.6) is 6.01 Å². The van der Waals surface area contributed by atoms with Crippen molar-refractivity contribution in [2.24, 2.45) is 0 Å². The molecule has 1 aliphatic rings. The van der Waals surface area contributed by atoms with E-state index in [1.54, 1.807) is 4.90 Å². The largest absolute Gasteiger partial charge is 0.463 e. The van der Waals surface area contributed by atoms with Crippen molar-refractivity contribution in [3.05, 3.63) is 41.0 Å². The number of unbranched alkanes of at least 4 members (excludes halogenated alkanes) is 1. The Bertz CT molecular complexity index is 890. The molecule has 1 amide bonds. The molecule has 3 rings (SSSR count). The molecule has 9 heteroatoms. The van der Waals surface area contributed by atoms with Crippen LogP contribution in [0.15, 0.2) is 24.3 Å². The highest BCUT2D eigenvalue weighted by atomic mass is 16.5. The lowest BCUT2D eigenvalue weighted by molar-refractivity contribution is -0.117. The molecule has 0 fully saturated rings. The van der Waals surface area contributed by atoms with Crippen LogP contribution in [-0.4, -0.2) is 63.9 Å². The molecule has 1 atom stereocenters. The first kappa shape index (κ1) is 22.9. The second-order valence-electron chi connectivity index (χ2n) is 7.90. The second-order valence-corrected chi connectivity index (χ2v) is 7.90. The number of anilines is 2. The fourth-order valence-corrected chi connectivity index (χ4v) is 3.49. The molecular formula is C22H31N5O4. The van der Waals surface area contributed by atoms with Crippen LogP contribution < -0.4 is 15.4 Å². The van der Waals surface area contributed by atoms with Gasteiger partial charge in [-0.15, -0.1) is 0 Å². The Kier molecular flexibility index (Phi) is 7.78. The molecule has 0 bridgehead atoms. The number of nitrogens with zero attached hydrogens (tertiary/aromatic N) is 4. The maximum atomic E-state index is 12.6. The molecule has 0 spiro atoms. The van der Waals surface area contributed by atoms with Crippen LogP contribution in [0.25, 0.3) is 0 Å². The normalized spacial score (nSPS) is 14.2. The van der Waals surface area contributed by atoms with Crippen molar-refractivity contribution in [3.63, 3.8) is 0 Å². The van der Waals surface area contributed by atoms with Crippen LogP contribution in [-0.2, 0) is 24.3 Å². The summed E-state index contributed by atoms with van der Waals surface area (Å²) in [6, 6.07) is 8.13. The third-order valence-corrected chi connectivity index (χ3v) is 5.16. The zero-order valence-electron chi connectivity index (χ0n) is 18.1. The number of fused-ring (bicyclic) bond motifs is 1. The SMILES string of the molecule is CCCCOc1nc(N)c2c(n1)N(Cc1ccc(CN(C)CC(O)CO)cc1)C(=O)C2. The predicted octanol–water partition coefficient (Wildman–Crippen LogP) is 1.11. The maximum absolute atomic E-state index is 12.6. The number of rotatable bonds is 11. The summed E-state index contributed by atoms with van der Waals surface area (Å²) in [5.41, 5.74) is 8.74. The van der Waals surface area contributed by atoms with Gasteiger partial charge in [0.05, 0.1) is 32.3 Å². The van der Waals surface area contributed by atoms with Crippen LogP contribution in [0.4, 0.5) is 11.6 Å². The number of amides is 1. The van der Waals surface area contributed by atoms with E-state index < -0.39 is 6.10 Å². The maximum Gasteiger partial charge on any atom is 0.320 e. The Labute approximate surface area is 182 Å². The Hall–Kier alpha value is -2.75. The molecule has 1 aromatic carbocycles. The fourth-order valence-electron chi connectivity index (χ4n) is 3.49. The zero-order valence-corrected chi connectivity index (χ0v) is 18.1. The highest BCUT2D eigenvalue weighted by Crippen LogP contribution is 2.33. The van der Waals surface area contributed by atoms with Gasteiger partial charge in [0.2, 0.25) is 5.91 Å². The van der Waals surface area contributed by atoms with Crippen LogP contribution in [0.2, 0.25) is 0 Å². The van der Waals surface area contributed by atoms with E-state index in [9.17, 15) is 9.90 Å². The molecule has 4 N–H and O–H groups in total. The highest BCUT2D eigenvalue weighted by molar-refractivity contribution is 6.01. The van der Waals surface area contributed by atoms with Crippen molar-refractivity contribution >= 4 is 17.5 Å². The van der Waals surface area contributed by atoms with Crippen molar-refractivity contribution < 1.29 is 19.7 Å². The van der Waals surface area contributed by atoms with Gasteiger partial charge in [0.1, 0.15) is 11.6 Å². The first-order valence-electron chi connectivity index (χ1n) is 10.6. The highest BCUT2D eigenvalue weighted by Gasteiger charge is 2.32. The number of nitrogens with two attached hydrogens (primary N) is 1. The summed E-state index contributed by atoms with van der Waals surface area (Å²) in [4.78, 5) is 24.8. The standard InChI is InChI=1S/C22H31N5O4/c1-3-4-9-31-22-24-20(23)18-10-19(30)27(21(18)25-22)12-16-7-5-15(6-8-16)11-26(2)13-17(29)14-28/h5-8,17,28-29H,3-4,9-14H2,1-2H3,(H2,23,24,25). The molecule has 168 valence electrons. The molecule has 2 heterocycles. The van der Waals surface area contributed by atoms with Gasteiger partial charge in [-0.05, 0) is 24.6 Å². The summed E-state index contributed by atoms with van der Waals surface area (Å²) < 4.78 is 5.60. The van der Waals surface area contributed by atoms with Gasteiger partial charge in [0.25, 0.3) is 0 Å². The number of ether oxygens (including phenoxy) is 1. The molecule has 1 aliphatic heterocycles. The Balaban J connectivity index is 1.68. The number of aliphatic hydroxyl groups is 2. The summed E-state index contributed by atoms with van der Waals surface area (Å²) in [6.07, 6.45) is 1.32. The Morgan fingerprint density at radius 3 is 2.65 bits per heavy atom. The van der Waals surface area contributed by atoms with Crippen LogP contribution in [0.3, 0.4) is 0 Å². The molecule has 1 unspecified atom stereocenters.